The highest BCUT2D eigenvalue weighted by atomic mass is 16.6. The Labute approximate surface area is 158 Å². The fourth-order valence-electron chi connectivity index (χ4n) is 2.51. The van der Waals surface area contributed by atoms with Crippen molar-refractivity contribution in [3.8, 4) is 11.5 Å². The van der Waals surface area contributed by atoms with Crippen LogP contribution < -0.4 is 9.47 Å². The van der Waals surface area contributed by atoms with Gasteiger partial charge in [-0.3, -0.25) is 0 Å². The van der Waals surface area contributed by atoms with Crippen LogP contribution in [0.15, 0.2) is 78.9 Å². The van der Waals surface area contributed by atoms with Crippen LogP contribution in [0.25, 0.3) is 0 Å². The number of benzene rings is 3. The van der Waals surface area contributed by atoms with Crippen LogP contribution in [0, 0.1) is 0 Å². The van der Waals surface area contributed by atoms with Crippen molar-refractivity contribution in [1.29, 1.82) is 0 Å². The van der Waals surface area contributed by atoms with Gasteiger partial charge in [-0.2, -0.15) is 0 Å². The van der Waals surface area contributed by atoms with Crippen LogP contribution in [0.3, 0.4) is 0 Å². The molecule has 0 radical (unpaired) electrons. The van der Waals surface area contributed by atoms with E-state index in [-0.39, 0.29) is 17.4 Å². The first-order valence-corrected chi connectivity index (χ1v) is 8.73. The van der Waals surface area contributed by atoms with E-state index >= 15 is 0 Å². The molecule has 4 nitrogen and oxygen atoms in total. The largest absolute Gasteiger partial charge is 0.419 e. The quantitative estimate of drug-likeness (QED) is 0.461. The van der Waals surface area contributed by atoms with Gasteiger partial charge in [0.15, 0.2) is 11.5 Å². The molecule has 0 heterocycles. The maximum Gasteiger partial charge on any atom is 0.343 e. The van der Waals surface area contributed by atoms with E-state index in [9.17, 15) is 9.59 Å². The molecule has 3 aromatic carbocycles. The minimum atomic E-state index is -0.509. The summed E-state index contributed by atoms with van der Waals surface area (Å²) >= 11 is 0. The molecule has 136 valence electrons. The van der Waals surface area contributed by atoms with Gasteiger partial charge in [0.2, 0.25) is 0 Å². The molecule has 0 aliphatic carbocycles. The molecule has 4 heteroatoms. The van der Waals surface area contributed by atoms with E-state index in [1.165, 1.54) is 0 Å². The Hall–Kier alpha value is -3.40. The molecular formula is C23H20O4. The molecule has 3 rings (SSSR count). The second kappa shape index (κ2) is 8.32. The molecule has 3 aromatic rings. The van der Waals surface area contributed by atoms with Crippen molar-refractivity contribution < 1.29 is 19.1 Å². The summed E-state index contributed by atoms with van der Waals surface area (Å²) in [5, 5.41) is 0. The molecule has 0 saturated heterocycles. The third-order valence-electron chi connectivity index (χ3n) is 4.06. The van der Waals surface area contributed by atoms with Crippen molar-refractivity contribution in [2.24, 2.45) is 0 Å². The van der Waals surface area contributed by atoms with Crippen LogP contribution >= 0.6 is 0 Å². The van der Waals surface area contributed by atoms with Gasteiger partial charge in [0.1, 0.15) is 0 Å². The summed E-state index contributed by atoms with van der Waals surface area (Å²) in [6.45, 7) is 4.07. The van der Waals surface area contributed by atoms with E-state index in [4.69, 9.17) is 9.47 Å². The monoisotopic (exact) mass is 360 g/mol. The zero-order valence-corrected chi connectivity index (χ0v) is 15.2. The maximum absolute atomic E-state index is 12.4. The van der Waals surface area contributed by atoms with Crippen LogP contribution in [0.2, 0.25) is 0 Å². The summed E-state index contributed by atoms with van der Waals surface area (Å²) in [6, 6.07) is 22.6. The molecule has 0 aliphatic rings. The first-order valence-electron chi connectivity index (χ1n) is 8.73. The smallest absolute Gasteiger partial charge is 0.343 e. The van der Waals surface area contributed by atoms with Gasteiger partial charge < -0.3 is 9.47 Å². The summed E-state index contributed by atoms with van der Waals surface area (Å²) < 4.78 is 11.0. The Bertz CT molecular complexity index is 931. The lowest BCUT2D eigenvalue weighted by Gasteiger charge is -2.14. The summed E-state index contributed by atoms with van der Waals surface area (Å²) in [4.78, 5) is 24.8. The van der Waals surface area contributed by atoms with Crippen molar-refractivity contribution in [3.05, 3.63) is 95.6 Å². The number of carbonyl (C=O) groups excluding carboxylic acids is 2. The Morgan fingerprint density at radius 1 is 0.667 bits per heavy atom. The summed E-state index contributed by atoms with van der Waals surface area (Å²) in [5.41, 5.74) is 1.82. The lowest BCUT2D eigenvalue weighted by Crippen LogP contribution is -2.13. The van der Waals surface area contributed by atoms with Gasteiger partial charge in [0.25, 0.3) is 0 Å². The van der Waals surface area contributed by atoms with Crippen molar-refractivity contribution in [3.63, 3.8) is 0 Å². The third-order valence-corrected chi connectivity index (χ3v) is 4.06. The van der Waals surface area contributed by atoms with Gasteiger partial charge in [0, 0.05) is 0 Å². The number of ether oxygens (including phenoxy) is 2. The minimum absolute atomic E-state index is 0.206. The maximum atomic E-state index is 12.4. The predicted molar refractivity (Wildman–Crippen MR) is 103 cm³/mol. The van der Waals surface area contributed by atoms with Gasteiger partial charge in [-0.25, -0.2) is 9.59 Å². The fourth-order valence-corrected chi connectivity index (χ4v) is 2.51. The third kappa shape index (κ3) is 4.61. The molecule has 0 atom stereocenters. The predicted octanol–water partition coefficient (Wildman–Crippen LogP) is 5.25. The number of carbonyl (C=O) groups is 2. The number of hydrogen-bond donors (Lipinski definition) is 0. The fraction of sp³-hybridized carbons (Fsp3) is 0.130. The molecule has 0 amide bonds. The van der Waals surface area contributed by atoms with Gasteiger partial charge in [-0.1, -0.05) is 56.3 Å². The Morgan fingerprint density at radius 3 is 1.63 bits per heavy atom. The highest BCUT2D eigenvalue weighted by molar-refractivity contribution is 5.93. The number of esters is 2. The molecular weight excluding hydrogens is 340 g/mol. The zero-order chi connectivity index (χ0) is 19.2. The first kappa shape index (κ1) is 18.4. The average molecular weight is 360 g/mol. The van der Waals surface area contributed by atoms with Crippen LogP contribution in [-0.4, -0.2) is 11.9 Å². The lowest BCUT2D eigenvalue weighted by atomic mass is 10.0. The first-order chi connectivity index (χ1) is 13.0. The molecule has 0 bridgehead atoms. The molecule has 0 aliphatic heterocycles. The minimum Gasteiger partial charge on any atom is -0.419 e. The van der Waals surface area contributed by atoms with Crippen LogP contribution in [0.4, 0.5) is 0 Å². The molecule has 0 fully saturated rings. The Morgan fingerprint density at radius 2 is 1.15 bits per heavy atom. The molecule has 0 aromatic heterocycles. The SMILES string of the molecule is CC(C)c1ccc(OC(=O)c2ccccc2)c(OC(=O)c2ccccc2)c1. The lowest BCUT2D eigenvalue weighted by molar-refractivity contribution is 0.0682. The van der Waals surface area contributed by atoms with Crippen molar-refractivity contribution in [2.75, 3.05) is 0 Å². The summed E-state index contributed by atoms with van der Waals surface area (Å²) in [6.07, 6.45) is 0. The van der Waals surface area contributed by atoms with Crippen LogP contribution in [-0.2, 0) is 0 Å². The summed E-state index contributed by atoms with van der Waals surface area (Å²) in [7, 11) is 0. The summed E-state index contributed by atoms with van der Waals surface area (Å²) in [5.74, 6) is -0.353. The van der Waals surface area contributed by atoms with E-state index < -0.39 is 11.9 Å². The average Bonchev–Trinajstić information content (AvgIpc) is 2.70. The Kier molecular flexibility index (Phi) is 5.67. The second-order valence-electron chi connectivity index (χ2n) is 6.37. The van der Waals surface area contributed by atoms with Crippen LogP contribution in [0.5, 0.6) is 11.5 Å². The van der Waals surface area contributed by atoms with E-state index in [0.717, 1.165) is 5.56 Å². The van der Waals surface area contributed by atoms with E-state index in [1.54, 1.807) is 60.7 Å². The zero-order valence-electron chi connectivity index (χ0n) is 15.2. The molecule has 0 spiro atoms. The van der Waals surface area contributed by atoms with Crippen molar-refractivity contribution >= 4 is 11.9 Å². The van der Waals surface area contributed by atoms with Crippen molar-refractivity contribution in [2.45, 2.75) is 19.8 Å². The number of rotatable bonds is 5. The number of hydrogen-bond acceptors (Lipinski definition) is 4. The van der Waals surface area contributed by atoms with E-state index in [2.05, 4.69) is 0 Å². The van der Waals surface area contributed by atoms with Gasteiger partial charge in [0.05, 0.1) is 11.1 Å². The normalized spacial score (nSPS) is 10.5. The van der Waals surface area contributed by atoms with Crippen molar-refractivity contribution in [1.82, 2.24) is 0 Å². The molecule has 0 saturated carbocycles. The molecule has 27 heavy (non-hydrogen) atoms. The highest BCUT2D eigenvalue weighted by Gasteiger charge is 2.17. The molecule has 0 unspecified atom stereocenters. The van der Waals surface area contributed by atoms with Gasteiger partial charge in [-0.15, -0.1) is 0 Å². The second-order valence-corrected chi connectivity index (χ2v) is 6.37. The van der Waals surface area contributed by atoms with Gasteiger partial charge in [-0.05, 0) is 47.9 Å². The standard InChI is InChI=1S/C23H20O4/c1-16(2)19-13-14-20(26-22(24)17-9-5-3-6-10-17)21(15-19)27-23(25)18-11-7-4-8-12-18/h3-16H,1-2H3. The van der Waals surface area contributed by atoms with E-state index in [0.29, 0.717) is 11.1 Å². The van der Waals surface area contributed by atoms with E-state index in [1.807, 2.05) is 32.0 Å². The van der Waals surface area contributed by atoms with Crippen LogP contribution in [0.1, 0.15) is 46.0 Å². The highest BCUT2D eigenvalue weighted by Crippen LogP contribution is 2.32. The molecule has 0 N–H and O–H groups in total. The van der Waals surface area contributed by atoms with Gasteiger partial charge >= 0.3 is 11.9 Å². The Balaban J connectivity index is 1.89. The topological polar surface area (TPSA) is 52.6 Å².